The van der Waals surface area contributed by atoms with Crippen molar-refractivity contribution in [2.24, 2.45) is 0 Å². The number of nitrogens with zero attached hydrogens (tertiary/aromatic N) is 1. The molecule has 66 valence electrons. The lowest BCUT2D eigenvalue weighted by molar-refractivity contribution is 0.0732. The number of hydrogen-bond acceptors (Lipinski definition) is 3. The molecule has 0 saturated carbocycles. The standard InChI is InChI=1S/C8H11BrN2O/c1-8(2,12)7-5(9)3-4-6(10)11-7/h3-4,12H,1-2H3,(H2,10,11). The maximum absolute atomic E-state index is 9.65. The quantitative estimate of drug-likeness (QED) is 0.772. The summed E-state index contributed by atoms with van der Waals surface area (Å²) in [4.78, 5) is 4.02. The molecule has 0 radical (unpaired) electrons. The van der Waals surface area contributed by atoms with E-state index in [4.69, 9.17) is 5.73 Å². The van der Waals surface area contributed by atoms with Crippen LogP contribution in [0, 0.1) is 0 Å². The summed E-state index contributed by atoms with van der Waals surface area (Å²) < 4.78 is 0.768. The number of aromatic nitrogens is 1. The Balaban J connectivity index is 3.23. The predicted molar refractivity (Wildman–Crippen MR) is 51.6 cm³/mol. The molecule has 1 aromatic heterocycles. The topological polar surface area (TPSA) is 59.1 Å². The summed E-state index contributed by atoms with van der Waals surface area (Å²) in [5, 5.41) is 9.65. The van der Waals surface area contributed by atoms with Crippen molar-refractivity contribution in [2.45, 2.75) is 19.4 Å². The van der Waals surface area contributed by atoms with Crippen molar-refractivity contribution in [1.82, 2.24) is 4.98 Å². The van der Waals surface area contributed by atoms with Crippen LogP contribution in [0.5, 0.6) is 0 Å². The zero-order valence-corrected chi connectivity index (χ0v) is 8.59. The Morgan fingerprint density at radius 2 is 2.08 bits per heavy atom. The minimum Gasteiger partial charge on any atom is -0.384 e. The molecule has 0 aliphatic rings. The van der Waals surface area contributed by atoms with E-state index in [9.17, 15) is 5.11 Å². The van der Waals surface area contributed by atoms with Crippen molar-refractivity contribution in [3.05, 3.63) is 22.3 Å². The molecule has 1 aromatic rings. The Morgan fingerprint density at radius 3 is 2.50 bits per heavy atom. The summed E-state index contributed by atoms with van der Waals surface area (Å²) in [6.45, 7) is 3.33. The van der Waals surface area contributed by atoms with Gasteiger partial charge >= 0.3 is 0 Å². The molecular weight excluding hydrogens is 220 g/mol. The summed E-state index contributed by atoms with van der Waals surface area (Å²) in [5.41, 5.74) is 5.07. The van der Waals surface area contributed by atoms with Crippen molar-refractivity contribution < 1.29 is 5.11 Å². The number of anilines is 1. The molecule has 0 unspecified atom stereocenters. The van der Waals surface area contributed by atoms with Gasteiger partial charge in [-0.3, -0.25) is 0 Å². The maximum Gasteiger partial charge on any atom is 0.123 e. The van der Waals surface area contributed by atoms with Gasteiger partial charge in [-0.25, -0.2) is 4.98 Å². The molecule has 1 rings (SSSR count). The summed E-state index contributed by atoms with van der Waals surface area (Å²) in [6, 6.07) is 3.45. The van der Waals surface area contributed by atoms with E-state index in [2.05, 4.69) is 20.9 Å². The fraction of sp³-hybridized carbons (Fsp3) is 0.375. The van der Waals surface area contributed by atoms with Gasteiger partial charge in [0.05, 0.1) is 5.69 Å². The van der Waals surface area contributed by atoms with Crippen LogP contribution in [0.1, 0.15) is 19.5 Å². The third kappa shape index (κ3) is 1.95. The normalized spacial score (nSPS) is 11.7. The minimum absolute atomic E-state index is 0.412. The Hall–Kier alpha value is -0.610. The van der Waals surface area contributed by atoms with Crippen LogP contribution >= 0.6 is 15.9 Å². The van der Waals surface area contributed by atoms with Crippen LogP contribution in [0.25, 0.3) is 0 Å². The van der Waals surface area contributed by atoms with E-state index in [-0.39, 0.29) is 0 Å². The van der Waals surface area contributed by atoms with E-state index in [1.807, 2.05) is 0 Å². The number of pyridine rings is 1. The zero-order chi connectivity index (χ0) is 9.35. The van der Waals surface area contributed by atoms with Crippen molar-refractivity contribution >= 4 is 21.7 Å². The third-order valence-electron chi connectivity index (χ3n) is 1.45. The van der Waals surface area contributed by atoms with E-state index in [0.717, 1.165) is 4.47 Å². The van der Waals surface area contributed by atoms with Crippen LogP contribution in [0.4, 0.5) is 5.82 Å². The lowest BCUT2D eigenvalue weighted by Crippen LogP contribution is -2.18. The summed E-state index contributed by atoms with van der Waals surface area (Å²) in [6.07, 6.45) is 0. The maximum atomic E-state index is 9.65. The smallest absolute Gasteiger partial charge is 0.123 e. The number of halogens is 1. The molecule has 3 N–H and O–H groups in total. The first-order valence-electron chi connectivity index (χ1n) is 3.56. The van der Waals surface area contributed by atoms with Crippen LogP contribution < -0.4 is 5.73 Å². The van der Waals surface area contributed by atoms with Crippen LogP contribution in [0.15, 0.2) is 16.6 Å². The molecular formula is C8H11BrN2O. The molecule has 12 heavy (non-hydrogen) atoms. The van der Waals surface area contributed by atoms with Gasteiger partial charge in [0, 0.05) is 4.47 Å². The first-order valence-corrected chi connectivity index (χ1v) is 4.35. The van der Waals surface area contributed by atoms with E-state index in [1.54, 1.807) is 26.0 Å². The summed E-state index contributed by atoms with van der Waals surface area (Å²) >= 11 is 3.29. The zero-order valence-electron chi connectivity index (χ0n) is 7.00. The van der Waals surface area contributed by atoms with Gasteiger partial charge in [-0.1, -0.05) is 0 Å². The molecule has 3 nitrogen and oxygen atoms in total. The predicted octanol–water partition coefficient (Wildman–Crippen LogP) is 1.65. The van der Waals surface area contributed by atoms with E-state index >= 15 is 0 Å². The number of hydrogen-bond donors (Lipinski definition) is 2. The van der Waals surface area contributed by atoms with E-state index < -0.39 is 5.60 Å². The van der Waals surface area contributed by atoms with E-state index in [1.165, 1.54) is 0 Å². The van der Waals surface area contributed by atoms with Crippen molar-refractivity contribution in [3.63, 3.8) is 0 Å². The highest BCUT2D eigenvalue weighted by Crippen LogP contribution is 2.26. The number of nitrogen functional groups attached to an aromatic ring is 1. The Labute approximate surface area is 79.7 Å². The highest BCUT2D eigenvalue weighted by Gasteiger charge is 2.20. The molecule has 0 aliphatic heterocycles. The fourth-order valence-electron chi connectivity index (χ4n) is 0.886. The first kappa shape index (κ1) is 9.48. The molecule has 0 aliphatic carbocycles. The summed E-state index contributed by atoms with van der Waals surface area (Å²) in [5.74, 6) is 0.412. The van der Waals surface area contributed by atoms with Gasteiger partial charge in [0.25, 0.3) is 0 Å². The highest BCUT2D eigenvalue weighted by atomic mass is 79.9. The molecule has 0 fully saturated rings. The number of aliphatic hydroxyl groups is 1. The van der Waals surface area contributed by atoms with Gasteiger partial charge in [0.2, 0.25) is 0 Å². The average molecular weight is 231 g/mol. The van der Waals surface area contributed by atoms with Gasteiger partial charge in [-0.2, -0.15) is 0 Å². The lowest BCUT2D eigenvalue weighted by atomic mass is 10.1. The lowest BCUT2D eigenvalue weighted by Gasteiger charge is -2.18. The molecule has 0 atom stereocenters. The second kappa shape index (κ2) is 3.03. The highest BCUT2D eigenvalue weighted by molar-refractivity contribution is 9.10. The monoisotopic (exact) mass is 230 g/mol. The largest absolute Gasteiger partial charge is 0.384 e. The number of nitrogens with two attached hydrogens (primary N) is 1. The van der Waals surface area contributed by atoms with Crippen LogP contribution in [-0.4, -0.2) is 10.1 Å². The van der Waals surface area contributed by atoms with Gasteiger partial charge in [0.15, 0.2) is 0 Å². The molecule has 1 heterocycles. The Bertz CT molecular complexity index is 294. The third-order valence-corrected chi connectivity index (χ3v) is 2.09. The van der Waals surface area contributed by atoms with Crippen LogP contribution in [0.3, 0.4) is 0 Å². The van der Waals surface area contributed by atoms with Crippen LogP contribution in [0.2, 0.25) is 0 Å². The second-order valence-electron chi connectivity index (χ2n) is 3.13. The molecule has 0 spiro atoms. The SMILES string of the molecule is CC(C)(O)c1nc(N)ccc1Br. The molecule has 0 amide bonds. The van der Waals surface area contributed by atoms with Crippen molar-refractivity contribution in [2.75, 3.05) is 5.73 Å². The first-order chi connectivity index (χ1) is 5.41. The molecule has 4 heteroatoms. The van der Waals surface area contributed by atoms with Gasteiger partial charge < -0.3 is 10.8 Å². The van der Waals surface area contributed by atoms with E-state index in [0.29, 0.717) is 11.5 Å². The second-order valence-corrected chi connectivity index (χ2v) is 3.98. The molecule has 0 bridgehead atoms. The van der Waals surface area contributed by atoms with Crippen LogP contribution in [-0.2, 0) is 5.60 Å². The average Bonchev–Trinajstić information content (AvgIpc) is 1.92. The number of rotatable bonds is 1. The van der Waals surface area contributed by atoms with Gasteiger partial charge in [-0.05, 0) is 41.9 Å². The van der Waals surface area contributed by atoms with Gasteiger partial charge in [-0.15, -0.1) is 0 Å². The molecule has 0 aromatic carbocycles. The van der Waals surface area contributed by atoms with Crippen molar-refractivity contribution in [3.8, 4) is 0 Å². The summed E-state index contributed by atoms with van der Waals surface area (Å²) in [7, 11) is 0. The fourth-order valence-corrected chi connectivity index (χ4v) is 1.59. The minimum atomic E-state index is -0.964. The Morgan fingerprint density at radius 1 is 1.50 bits per heavy atom. The Kier molecular flexibility index (Phi) is 2.39. The van der Waals surface area contributed by atoms with Crippen molar-refractivity contribution in [1.29, 1.82) is 0 Å². The molecule has 0 saturated heterocycles. The van der Waals surface area contributed by atoms with Gasteiger partial charge in [0.1, 0.15) is 11.4 Å².